The first-order valence-electron chi connectivity index (χ1n) is 5.64. The molecule has 0 radical (unpaired) electrons. The third-order valence-electron chi connectivity index (χ3n) is 2.53. The number of carbonyl (C=O) groups excluding carboxylic acids is 3. The highest BCUT2D eigenvalue weighted by Gasteiger charge is 2.39. The SMILES string of the molecule is COC(=O)N1CCCC(OC(C)=O)C1OC(C)=O. The Balaban J connectivity index is 2.85. The fraction of sp³-hybridized carbons (Fsp3) is 0.727. The molecule has 1 rings (SSSR count). The van der Waals surface area contributed by atoms with Gasteiger partial charge in [0.15, 0.2) is 6.10 Å². The highest BCUT2D eigenvalue weighted by atomic mass is 16.6. The van der Waals surface area contributed by atoms with Gasteiger partial charge in [-0.05, 0) is 12.8 Å². The van der Waals surface area contributed by atoms with Crippen molar-refractivity contribution >= 4 is 18.0 Å². The second-order valence-corrected chi connectivity index (χ2v) is 3.95. The number of rotatable bonds is 2. The van der Waals surface area contributed by atoms with Crippen LogP contribution in [0.3, 0.4) is 0 Å². The summed E-state index contributed by atoms with van der Waals surface area (Å²) in [5, 5.41) is 0. The van der Waals surface area contributed by atoms with Crippen LogP contribution < -0.4 is 0 Å². The van der Waals surface area contributed by atoms with E-state index in [1.165, 1.54) is 25.9 Å². The Hall–Kier alpha value is -1.79. The maximum absolute atomic E-state index is 11.6. The summed E-state index contributed by atoms with van der Waals surface area (Å²) in [5.41, 5.74) is 0. The molecule has 0 N–H and O–H groups in total. The molecule has 1 amide bonds. The Morgan fingerprint density at radius 2 is 1.72 bits per heavy atom. The molecule has 2 atom stereocenters. The number of piperidine rings is 1. The zero-order valence-corrected chi connectivity index (χ0v) is 10.7. The van der Waals surface area contributed by atoms with Gasteiger partial charge in [0.1, 0.15) is 0 Å². The lowest BCUT2D eigenvalue weighted by Gasteiger charge is -2.38. The molecule has 0 aromatic rings. The number of hydrogen-bond donors (Lipinski definition) is 0. The number of amides is 1. The third kappa shape index (κ3) is 3.61. The lowest BCUT2D eigenvalue weighted by atomic mass is 10.1. The van der Waals surface area contributed by atoms with Crippen LogP contribution in [0.25, 0.3) is 0 Å². The van der Waals surface area contributed by atoms with Crippen LogP contribution in [-0.2, 0) is 23.8 Å². The summed E-state index contributed by atoms with van der Waals surface area (Å²) >= 11 is 0. The molecule has 0 aromatic carbocycles. The summed E-state index contributed by atoms with van der Waals surface area (Å²) in [6, 6.07) is 0. The van der Waals surface area contributed by atoms with E-state index in [0.717, 1.165) is 0 Å². The molecule has 0 aromatic heterocycles. The Morgan fingerprint density at radius 1 is 1.11 bits per heavy atom. The molecule has 7 nitrogen and oxygen atoms in total. The van der Waals surface area contributed by atoms with E-state index in [2.05, 4.69) is 4.74 Å². The van der Waals surface area contributed by atoms with Gasteiger partial charge in [-0.2, -0.15) is 0 Å². The minimum absolute atomic E-state index is 0.391. The van der Waals surface area contributed by atoms with Crippen molar-refractivity contribution in [1.29, 1.82) is 0 Å². The molecule has 102 valence electrons. The van der Waals surface area contributed by atoms with E-state index in [9.17, 15) is 14.4 Å². The molecular formula is C11H17NO6. The van der Waals surface area contributed by atoms with Crippen LogP contribution in [-0.4, -0.2) is 48.9 Å². The summed E-state index contributed by atoms with van der Waals surface area (Å²) in [6.07, 6.45) is -1.01. The number of likely N-dealkylation sites (tertiary alicyclic amines) is 1. The number of hydrogen-bond acceptors (Lipinski definition) is 6. The van der Waals surface area contributed by atoms with Gasteiger partial charge in [0.05, 0.1) is 7.11 Å². The Morgan fingerprint density at radius 3 is 2.22 bits per heavy atom. The van der Waals surface area contributed by atoms with Gasteiger partial charge < -0.3 is 14.2 Å². The third-order valence-corrected chi connectivity index (χ3v) is 2.53. The van der Waals surface area contributed by atoms with Gasteiger partial charge in [-0.3, -0.25) is 14.5 Å². The molecule has 1 saturated heterocycles. The van der Waals surface area contributed by atoms with Crippen LogP contribution in [0.2, 0.25) is 0 Å². The van der Waals surface area contributed by atoms with Crippen LogP contribution in [0.15, 0.2) is 0 Å². The molecule has 1 aliphatic rings. The first kappa shape index (κ1) is 14.3. The molecular weight excluding hydrogens is 242 g/mol. The highest BCUT2D eigenvalue weighted by molar-refractivity contribution is 5.70. The minimum Gasteiger partial charge on any atom is -0.456 e. The summed E-state index contributed by atoms with van der Waals surface area (Å²) in [7, 11) is 1.24. The zero-order chi connectivity index (χ0) is 13.7. The molecule has 1 fully saturated rings. The molecule has 2 unspecified atom stereocenters. The molecule has 0 bridgehead atoms. The Labute approximate surface area is 105 Å². The zero-order valence-electron chi connectivity index (χ0n) is 10.7. The lowest BCUT2D eigenvalue weighted by molar-refractivity contribution is -0.185. The van der Waals surface area contributed by atoms with Gasteiger partial charge in [0.2, 0.25) is 6.23 Å². The summed E-state index contributed by atoms with van der Waals surface area (Å²) in [5.74, 6) is -1.03. The first-order chi connectivity index (χ1) is 8.45. The fourth-order valence-electron chi connectivity index (χ4n) is 1.89. The smallest absolute Gasteiger partial charge is 0.412 e. The fourth-order valence-corrected chi connectivity index (χ4v) is 1.89. The van der Waals surface area contributed by atoms with E-state index in [1.807, 2.05) is 0 Å². The van der Waals surface area contributed by atoms with Crippen LogP contribution in [0.1, 0.15) is 26.7 Å². The van der Waals surface area contributed by atoms with Crippen molar-refractivity contribution < 1.29 is 28.6 Å². The molecule has 0 spiro atoms. The average Bonchev–Trinajstić information content (AvgIpc) is 2.29. The quantitative estimate of drug-likeness (QED) is 0.535. The first-order valence-corrected chi connectivity index (χ1v) is 5.64. The van der Waals surface area contributed by atoms with Gasteiger partial charge in [0, 0.05) is 20.4 Å². The van der Waals surface area contributed by atoms with Crippen molar-refractivity contribution in [2.24, 2.45) is 0 Å². The number of nitrogens with zero attached hydrogens (tertiary/aromatic N) is 1. The maximum atomic E-state index is 11.6. The van der Waals surface area contributed by atoms with Gasteiger partial charge in [-0.1, -0.05) is 0 Å². The molecule has 1 aliphatic heterocycles. The van der Waals surface area contributed by atoms with Crippen molar-refractivity contribution in [2.75, 3.05) is 13.7 Å². The van der Waals surface area contributed by atoms with Gasteiger partial charge >= 0.3 is 18.0 Å². The van der Waals surface area contributed by atoms with Crippen molar-refractivity contribution in [3.8, 4) is 0 Å². The van der Waals surface area contributed by atoms with Gasteiger partial charge in [-0.25, -0.2) is 4.79 Å². The van der Waals surface area contributed by atoms with Crippen molar-refractivity contribution in [3.63, 3.8) is 0 Å². The number of ether oxygens (including phenoxy) is 3. The van der Waals surface area contributed by atoms with Crippen LogP contribution >= 0.6 is 0 Å². The average molecular weight is 259 g/mol. The minimum atomic E-state index is -0.924. The van der Waals surface area contributed by atoms with E-state index < -0.39 is 30.4 Å². The Bertz CT molecular complexity index is 342. The monoisotopic (exact) mass is 259 g/mol. The van der Waals surface area contributed by atoms with Crippen LogP contribution in [0.5, 0.6) is 0 Å². The van der Waals surface area contributed by atoms with E-state index in [0.29, 0.717) is 19.4 Å². The van der Waals surface area contributed by atoms with E-state index >= 15 is 0 Å². The molecule has 7 heteroatoms. The van der Waals surface area contributed by atoms with Gasteiger partial charge in [0.25, 0.3) is 0 Å². The second-order valence-electron chi connectivity index (χ2n) is 3.95. The summed E-state index contributed by atoms with van der Waals surface area (Å²) < 4.78 is 14.7. The van der Waals surface area contributed by atoms with E-state index in [1.54, 1.807) is 0 Å². The molecule has 0 saturated carbocycles. The van der Waals surface area contributed by atoms with E-state index in [-0.39, 0.29) is 0 Å². The number of methoxy groups -OCH3 is 1. The van der Waals surface area contributed by atoms with Crippen LogP contribution in [0.4, 0.5) is 4.79 Å². The molecule has 0 aliphatic carbocycles. The highest BCUT2D eigenvalue weighted by Crippen LogP contribution is 2.22. The Kier molecular flexibility index (Phi) is 4.94. The lowest BCUT2D eigenvalue weighted by Crippen LogP contribution is -2.54. The second kappa shape index (κ2) is 6.23. The summed E-state index contributed by atoms with van der Waals surface area (Å²) in [6.45, 7) is 2.89. The molecule has 1 heterocycles. The predicted octanol–water partition coefficient (Wildman–Crippen LogP) is 0.669. The standard InChI is InChI=1S/C11H17NO6/c1-7(13)17-9-5-4-6-12(11(15)16-3)10(9)18-8(2)14/h9-10H,4-6H2,1-3H3. The van der Waals surface area contributed by atoms with E-state index in [4.69, 9.17) is 9.47 Å². The maximum Gasteiger partial charge on any atom is 0.412 e. The number of carbonyl (C=O) groups is 3. The van der Waals surface area contributed by atoms with Crippen molar-refractivity contribution in [3.05, 3.63) is 0 Å². The topological polar surface area (TPSA) is 82.1 Å². The van der Waals surface area contributed by atoms with Crippen molar-refractivity contribution in [2.45, 2.75) is 39.0 Å². The normalized spacial score (nSPS) is 23.2. The molecule has 18 heavy (non-hydrogen) atoms. The van der Waals surface area contributed by atoms with Crippen molar-refractivity contribution in [1.82, 2.24) is 4.90 Å². The summed E-state index contributed by atoms with van der Waals surface area (Å²) in [4.78, 5) is 34.9. The van der Waals surface area contributed by atoms with Crippen LogP contribution in [0, 0.1) is 0 Å². The van der Waals surface area contributed by atoms with Gasteiger partial charge in [-0.15, -0.1) is 0 Å². The predicted molar refractivity (Wildman–Crippen MR) is 59.5 cm³/mol. The largest absolute Gasteiger partial charge is 0.456 e. The number of esters is 2.